The van der Waals surface area contributed by atoms with Crippen LogP contribution in [0.1, 0.15) is 39.0 Å². The Labute approximate surface area is 242 Å². The van der Waals surface area contributed by atoms with Gasteiger partial charge >= 0.3 is 5.97 Å². The Kier molecular flexibility index (Phi) is 8.04. The molecule has 6 nitrogen and oxygen atoms in total. The van der Waals surface area contributed by atoms with Crippen LogP contribution in [0, 0.1) is 6.92 Å². The monoisotopic (exact) mass is 550 g/mol. The van der Waals surface area contributed by atoms with E-state index in [9.17, 15) is 4.79 Å². The van der Waals surface area contributed by atoms with E-state index < -0.39 is 11.6 Å². The molecule has 0 radical (unpaired) electrons. The molecule has 0 bridgehead atoms. The summed E-state index contributed by atoms with van der Waals surface area (Å²) in [6.45, 7) is 3.96. The lowest BCUT2D eigenvalue weighted by atomic mass is 9.82. The summed E-state index contributed by atoms with van der Waals surface area (Å²) < 4.78 is 17.9. The van der Waals surface area contributed by atoms with Crippen molar-refractivity contribution in [3.63, 3.8) is 0 Å². The van der Waals surface area contributed by atoms with E-state index in [0.29, 0.717) is 16.9 Å². The van der Waals surface area contributed by atoms with Crippen molar-refractivity contribution in [2.24, 2.45) is 0 Å². The summed E-state index contributed by atoms with van der Waals surface area (Å²) in [7, 11) is 9.39. The molecule has 5 rings (SSSR count). The van der Waals surface area contributed by atoms with Gasteiger partial charge in [-0.25, -0.2) is 4.79 Å². The summed E-state index contributed by atoms with van der Waals surface area (Å²) in [6, 6.07) is 24.6. The molecule has 0 saturated heterocycles. The van der Waals surface area contributed by atoms with Gasteiger partial charge in [-0.05, 0) is 81.4 Å². The first kappa shape index (κ1) is 28.2. The number of benzene rings is 4. The lowest BCUT2D eigenvalue weighted by molar-refractivity contribution is 0.0598. The average molecular weight is 551 g/mol. The van der Waals surface area contributed by atoms with Gasteiger partial charge in [-0.2, -0.15) is 0 Å². The minimum absolute atomic E-state index is 0.390. The zero-order valence-corrected chi connectivity index (χ0v) is 24.7. The minimum atomic E-state index is -0.908. The molecule has 0 amide bonds. The molecule has 1 heterocycles. The number of carbonyl (C=O) groups is 1. The molecule has 41 heavy (non-hydrogen) atoms. The fourth-order valence-electron chi connectivity index (χ4n) is 5.67. The highest BCUT2D eigenvalue weighted by Crippen LogP contribution is 2.48. The molecule has 1 atom stereocenters. The second kappa shape index (κ2) is 11.7. The third-order valence-corrected chi connectivity index (χ3v) is 7.94. The first-order valence-corrected chi connectivity index (χ1v) is 13.9. The normalized spacial score (nSPS) is 15.9. The van der Waals surface area contributed by atoms with E-state index in [-0.39, 0.29) is 0 Å². The molecule has 4 aromatic rings. The number of ether oxygens (including phenoxy) is 3. The summed E-state index contributed by atoms with van der Waals surface area (Å²) in [5, 5.41) is 1.79. The van der Waals surface area contributed by atoms with Crippen molar-refractivity contribution in [1.82, 2.24) is 4.90 Å². The van der Waals surface area contributed by atoms with Gasteiger partial charge in [0.25, 0.3) is 0 Å². The third-order valence-electron chi connectivity index (χ3n) is 7.94. The largest absolute Gasteiger partial charge is 0.497 e. The Morgan fingerprint density at radius 1 is 0.878 bits per heavy atom. The minimum Gasteiger partial charge on any atom is -0.497 e. The molecule has 1 aliphatic rings. The van der Waals surface area contributed by atoms with Gasteiger partial charge in [0.2, 0.25) is 0 Å². The van der Waals surface area contributed by atoms with E-state index in [1.54, 1.807) is 7.11 Å². The second-order valence-electron chi connectivity index (χ2n) is 10.8. The molecular weight excluding hydrogens is 512 g/mol. The Morgan fingerprint density at radius 3 is 2.24 bits per heavy atom. The van der Waals surface area contributed by atoms with E-state index in [2.05, 4.69) is 73.4 Å². The van der Waals surface area contributed by atoms with Crippen molar-refractivity contribution < 1.29 is 19.0 Å². The molecule has 0 spiro atoms. The first-order chi connectivity index (χ1) is 19.8. The van der Waals surface area contributed by atoms with Crippen LogP contribution in [0.25, 0.3) is 16.8 Å². The van der Waals surface area contributed by atoms with Crippen molar-refractivity contribution in [3.8, 4) is 11.5 Å². The third kappa shape index (κ3) is 5.27. The van der Waals surface area contributed by atoms with Crippen LogP contribution in [-0.4, -0.2) is 59.3 Å². The standard InChI is InChI=1S/C35H38N2O4/c1-24-29-18-17-28(39-5)23-31(29)33-30(32(24)34(38)40-6)19-20-35(41-33,25-11-8-7-9-12-25)26-13-15-27(16-14-26)37(4)22-10-21-36(2)3/h7-9,11-20,23H,10,21-22H2,1-6H3. The molecule has 0 fully saturated rings. The number of aryl methyl sites for hydroxylation is 1. The molecular formula is C35H38N2O4. The summed E-state index contributed by atoms with van der Waals surface area (Å²) in [5.74, 6) is 0.953. The lowest BCUT2D eigenvalue weighted by Crippen LogP contribution is -2.35. The molecule has 0 aromatic heterocycles. The van der Waals surface area contributed by atoms with E-state index in [1.807, 2.05) is 49.4 Å². The Balaban J connectivity index is 1.66. The maximum absolute atomic E-state index is 13.0. The number of rotatable bonds is 9. The van der Waals surface area contributed by atoms with Crippen LogP contribution in [0.4, 0.5) is 5.69 Å². The van der Waals surface area contributed by atoms with Crippen molar-refractivity contribution in [3.05, 3.63) is 107 Å². The smallest absolute Gasteiger partial charge is 0.338 e. The number of methoxy groups -OCH3 is 2. The summed E-state index contributed by atoms with van der Waals surface area (Å²) in [5.41, 5.74) is 4.28. The Bertz CT molecular complexity index is 1580. The lowest BCUT2D eigenvalue weighted by Gasteiger charge is -2.37. The molecule has 1 unspecified atom stereocenters. The number of fused-ring (bicyclic) bond motifs is 3. The predicted octanol–water partition coefficient (Wildman–Crippen LogP) is 6.68. The highest BCUT2D eigenvalue weighted by Gasteiger charge is 2.39. The topological polar surface area (TPSA) is 51.2 Å². The predicted molar refractivity (Wildman–Crippen MR) is 166 cm³/mol. The number of anilines is 1. The van der Waals surface area contributed by atoms with Gasteiger partial charge < -0.3 is 24.0 Å². The Morgan fingerprint density at radius 2 is 1.59 bits per heavy atom. The summed E-state index contributed by atoms with van der Waals surface area (Å²) in [4.78, 5) is 17.5. The van der Waals surface area contributed by atoms with E-state index in [0.717, 1.165) is 58.4 Å². The van der Waals surface area contributed by atoms with Crippen LogP contribution in [0.3, 0.4) is 0 Å². The van der Waals surface area contributed by atoms with Crippen molar-refractivity contribution in [2.45, 2.75) is 18.9 Å². The second-order valence-corrected chi connectivity index (χ2v) is 10.8. The number of nitrogens with zero attached hydrogens (tertiary/aromatic N) is 2. The quantitative estimate of drug-likeness (QED) is 0.217. The molecule has 0 aliphatic carbocycles. The molecule has 1 aliphatic heterocycles. The summed E-state index contributed by atoms with van der Waals surface area (Å²) in [6.07, 6.45) is 5.14. The van der Waals surface area contributed by atoms with Gasteiger partial charge in [0.05, 0.1) is 19.8 Å². The van der Waals surface area contributed by atoms with Crippen LogP contribution in [-0.2, 0) is 10.3 Å². The number of hydrogen-bond donors (Lipinski definition) is 0. The van der Waals surface area contributed by atoms with Gasteiger partial charge in [-0.3, -0.25) is 0 Å². The highest BCUT2D eigenvalue weighted by molar-refractivity contribution is 6.06. The number of hydrogen-bond acceptors (Lipinski definition) is 6. The first-order valence-electron chi connectivity index (χ1n) is 13.9. The maximum atomic E-state index is 13.0. The molecule has 0 saturated carbocycles. The van der Waals surface area contributed by atoms with E-state index in [4.69, 9.17) is 14.2 Å². The van der Waals surface area contributed by atoms with Gasteiger partial charge in [-0.15, -0.1) is 0 Å². The SMILES string of the molecule is COC(=O)c1c2c(c3cc(OC)ccc3c1C)OC(c1ccccc1)(c1ccc(N(C)CCCN(C)C)cc1)C=C2. The maximum Gasteiger partial charge on any atom is 0.338 e. The van der Waals surface area contributed by atoms with E-state index >= 15 is 0 Å². The van der Waals surface area contributed by atoms with E-state index in [1.165, 1.54) is 7.11 Å². The highest BCUT2D eigenvalue weighted by atomic mass is 16.5. The van der Waals surface area contributed by atoms with Crippen LogP contribution < -0.4 is 14.4 Å². The van der Waals surface area contributed by atoms with Crippen LogP contribution in [0.2, 0.25) is 0 Å². The molecule has 4 aromatic carbocycles. The molecule has 6 heteroatoms. The molecule has 0 N–H and O–H groups in total. The van der Waals surface area contributed by atoms with Gasteiger partial charge in [0.15, 0.2) is 5.60 Å². The van der Waals surface area contributed by atoms with Crippen LogP contribution in [0.5, 0.6) is 11.5 Å². The number of carbonyl (C=O) groups excluding carboxylic acids is 1. The fourth-order valence-corrected chi connectivity index (χ4v) is 5.67. The Hall–Kier alpha value is -4.29. The zero-order valence-electron chi connectivity index (χ0n) is 24.7. The van der Waals surface area contributed by atoms with Crippen LogP contribution >= 0.6 is 0 Å². The van der Waals surface area contributed by atoms with Gasteiger partial charge in [0.1, 0.15) is 11.5 Å². The fraction of sp³-hybridized carbons (Fsp3) is 0.286. The van der Waals surface area contributed by atoms with Crippen molar-refractivity contribution in [2.75, 3.05) is 53.4 Å². The molecule has 212 valence electrons. The zero-order chi connectivity index (χ0) is 29.1. The summed E-state index contributed by atoms with van der Waals surface area (Å²) >= 11 is 0. The van der Waals surface area contributed by atoms with Crippen molar-refractivity contribution in [1.29, 1.82) is 0 Å². The van der Waals surface area contributed by atoms with Gasteiger partial charge in [-0.1, -0.05) is 48.5 Å². The average Bonchev–Trinajstić information content (AvgIpc) is 3.01. The number of esters is 1. The van der Waals surface area contributed by atoms with Crippen LogP contribution in [0.15, 0.2) is 78.9 Å². The van der Waals surface area contributed by atoms with Crippen molar-refractivity contribution >= 4 is 28.5 Å². The van der Waals surface area contributed by atoms with Gasteiger partial charge in [0, 0.05) is 41.4 Å².